The Labute approximate surface area is 165 Å². The maximum absolute atomic E-state index is 12.6. The quantitative estimate of drug-likeness (QED) is 0.558. The molecular weight excluding hydrogens is 375 g/mol. The summed E-state index contributed by atoms with van der Waals surface area (Å²) in [6, 6.07) is 12.2. The lowest BCUT2D eigenvalue weighted by atomic mass is 9.84. The van der Waals surface area contributed by atoms with Gasteiger partial charge in [0.25, 0.3) is 0 Å². The lowest BCUT2D eigenvalue weighted by Crippen LogP contribution is -2.29. The molecule has 0 aromatic heterocycles. The van der Waals surface area contributed by atoms with Crippen molar-refractivity contribution in [2.45, 2.75) is 13.0 Å². The molecule has 1 aliphatic carbocycles. The number of benzene rings is 2. The minimum Gasteiger partial charge on any atom is -0.392 e. The number of hydrogen-bond acceptors (Lipinski definition) is 5. The molecule has 0 saturated carbocycles. The van der Waals surface area contributed by atoms with Crippen LogP contribution in [0.5, 0.6) is 0 Å². The molecule has 140 valence electrons. The molecule has 7 heteroatoms. The van der Waals surface area contributed by atoms with Crippen LogP contribution in [-0.4, -0.2) is 42.4 Å². The van der Waals surface area contributed by atoms with Crippen LogP contribution in [0.3, 0.4) is 0 Å². The zero-order valence-corrected chi connectivity index (χ0v) is 16.0. The van der Waals surface area contributed by atoms with E-state index in [2.05, 4.69) is 10.6 Å². The molecule has 0 fully saturated rings. The number of hydrogen-bond donors (Lipinski definition) is 3. The first-order valence-electron chi connectivity index (χ1n) is 8.03. The summed E-state index contributed by atoms with van der Waals surface area (Å²) in [7, 11) is 0. The molecule has 0 spiro atoms. The van der Waals surface area contributed by atoms with Crippen LogP contribution >= 0.6 is 24.8 Å². The van der Waals surface area contributed by atoms with Crippen molar-refractivity contribution >= 4 is 42.1 Å². The highest BCUT2D eigenvalue weighted by molar-refractivity contribution is 6.28. The molecule has 2 aromatic rings. The van der Waals surface area contributed by atoms with Gasteiger partial charge in [-0.15, -0.1) is 24.8 Å². The van der Waals surface area contributed by atoms with E-state index in [1.807, 2.05) is 6.07 Å². The van der Waals surface area contributed by atoms with Crippen LogP contribution in [0.2, 0.25) is 0 Å². The van der Waals surface area contributed by atoms with Crippen molar-refractivity contribution < 1.29 is 14.7 Å². The Morgan fingerprint density at radius 2 is 1.46 bits per heavy atom. The molecule has 0 saturated heterocycles. The number of carbonyl (C=O) groups excluding carboxylic acids is 2. The maximum atomic E-state index is 12.6. The lowest BCUT2D eigenvalue weighted by molar-refractivity contribution is 0.0979. The molecule has 0 aliphatic heterocycles. The highest BCUT2D eigenvalue weighted by Crippen LogP contribution is 2.28. The average molecular weight is 397 g/mol. The van der Waals surface area contributed by atoms with Crippen LogP contribution in [-0.2, 0) is 0 Å². The summed E-state index contributed by atoms with van der Waals surface area (Å²) in [5.74, 6) is -0.221. The Kier molecular flexibility index (Phi) is 8.24. The maximum Gasteiger partial charge on any atom is 0.194 e. The largest absolute Gasteiger partial charge is 0.392 e. The van der Waals surface area contributed by atoms with Crippen molar-refractivity contribution in [1.29, 1.82) is 0 Å². The first kappa shape index (κ1) is 22.1. The van der Waals surface area contributed by atoms with Crippen LogP contribution in [0, 0.1) is 0 Å². The molecule has 5 nitrogen and oxygen atoms in total. The van der Waals surface area contributed by atoms with E-state index in [1.54, 1.807) is 43.3 Å². The topological polar surface area (TPSA) is 78.4 Å². The highest BCUT2D eigenvalue weighted by atomic mass is 35.5. The zero-order valence-electron chi connectivity index (χ0n) is 14.3. The number of anilines is 1. The SMILES string of the molecule is CC(O)CNCCNc1ccc2c(c1)C(=O)c1ccccc1C2=O.Cl.Cl. The van der Waals surface area contributed by atoms with Gasteiger partial charge in [-0.05, 0) is 25.1 Å². The Morgan fingerprint density at radius 1 is 0.885 bits per heavy atom. The van der Waals surface area contributed by atoms with Crippen molar-refractivity contribution in [3.63, 3.8) is 0 Å². The summed E-state index contributed by atoms with van der Waals surface area (Å²) in [6.45, 7) is 3.61. The van der Waals surface area contributed by atoms with Crippen molar-refractivity contribution in [3.8, 4) is 0 Å². The van der Waals surface area contributed by atoms with Gasteiger partial charge in [-0.25, -0.2) is 0 Å². The van der Waals surface area contributed by atoms with Gasteiger partial charge in [0.2, 0.25) is 0 Å². The molecule has 3 rings (SSSR count). The minimum absolute atomic E-state index is 0. The summed E-state index contributed by atoms with van der Waals surface area (Å²) < 4.78 is 0. The van der Waals surface area contributed by atoms with Gasteiger partial charge in [0.15, 0.2) is 11.6 Å². The Balaban J connectivity index is 0.00000169. The standard InChI is InChI=1S/C19H20N2O3.2ClH/c1-12(22)11-20-8-9-21-13-6-7-16-17(10-13)19(24)15-5-3-2-4-14(15)18(16)23;;/h2-7,10,12,20-22H,8-9,11H2,1H3;2*1H. The van der Waals surface area contributed by atoms with Gasteiger partial charge >= 0.3 is 0 Å². The van der Waals surface area contributed by atoms with Gasteiger partial charge in [-0.2, -0.15) is 0 Å². The second kappa shape index (κ2) is 9.69. The molecular formula is C19H22Cl2N2O3. The number of rotatable bonds is 6. The van der Waals surface area contributed by atoms with Crippen LogP contribution < -0.4 is 10.6 Å². The Bertz CT molecular complexity index is 794. The van der Waals surface area contributed by atoms with Crippen LogP contribution in [0.4, 0.5) is 5.69 Å². The second-order valence-corrected chi connectivity index (χ2v) is 5.94. The molecule has 0 bridgehead atoms. The predicted octanol–water partition coefficient (Wildman–Crippen LogP) is 2.69. The van der Waals surface area contributed by atoms with Gasteiger partial charge in [0.1, 0.15) is 0 Å². The molecule has 0 amide bonds. The van der Waals surface area contributed by atoms with Gasteiger partial charge in [-0.3, -0.25) is 9.59 Å². The van der Waals surface area contributed by atoms with Crippen molar-refractivity contribution in [2.75, 3.05) is 25.0 Å². The lowest BCUT2D eigenvalue weighted by Gasteiger charge is -2.18. The summed E-state index contributed by atoms with van der Waals surface area (Å²) in [5, 5.41) is 15.5. The van der Waals surface area contributed by atoms with Crippen molar-refractivity contribution in [3.05, 3.63) is 64.7 Å². The number of nitrogens with one attached hydrogen (secondary N) is 2. The molecule has 3 N–H and O–H groups in total. The fraction of sp³-hybridized carbons (Fsp3) is 0.263. The zero-order chi connectivity index (χ0) is 17.1. The predicted molar refractivity (Wildman–Crippen MR) is 107 cm³/mol. The summed E-state index contributed by atoms with van der Waals surface area (Å²) >= 11 is 0. The van der Waals surface area contributed by atoms with Crippen molar-refractivity contribution in [1.82, 2.24) is 5.32 Å². The van der Waals surface area contributed by atoms with E-state index in [0.717, 1.165) is 5.69 Å². The molecule has 0 radical (unpaired) electrons. The van der Waals surface area contributed by atoms with Gasteiger partial charge < -0.3 is 15.7 Å². The third-order valence-corrected chi connectivity index (χ3v) is 4.00. The fourth-order valence-corrected chi connectivity index (χ4v) is 2.82. The average Bonchev–Trinajstić information content (AvgIpc) is 2.59. The number of ketones is 2. The Morgan fingerprint density at radius 3 is 2.08 bits per heavy atom. The summed E-state index contributed by atoms with van der Waals surface area (Å²) in [6.07, 6.45) is -0.377. The fourth-order valence-electron chi connectivity index (χ4n) is 2.82. The second-order valence-electron chi connectivity index (χ2n) is 5.94. The van der Waals surface area contributed by atoms with Gasteiger partial charge in [0, 0.05) is 47.6 Å². The number of halogens is 2. The van der Waals surface area contributed by atoms with E-state index < -0.39 is 0 Å². The first-order valence-corrected chi connectivity index (χ1v) is 8.03. The van der Waals surface area contributed by atoms with Crippen LogP contribution in [0.15, 0.2) is 42.5 Å². The van der Waals surface area contributed by atoms with Gasteiger partial charge in [-0.1, -0.05) is 24.3 Å². The van der Waals surface area contributed by atoms with E-state index in [-0.39, 0.29) is 42.5 Å². The first-order chi connectivity index (χ1) is 11.6. The monoisotopic (exact) mass is 396 g/mol. The molecule has 1 atom stereocenters. The third-order valence-electron chi connectivity index (χ3n) is 4.00. The van der Waals surface area contributed by atoms with E-state index in [0.29, 0.717) is 41.9 Å². The molecule has 0 heterocycles. The van der Waals surface area contributed by atoms with Crippen LogP contribution in [0.25, 0.3) is 0 Å². The molecule has 1 unspecified atom stereocenters. The minimum atomic E-state index is -0.377. The van der Waals surface area contributed by atoms with Crippen LogP contribution in [0.1, 0.15) is 38.8 Å². The summed E-state index contributed by atoms with van der Waals surface area (Å²) in [4.78, 5) is 25.2. The smallest absolute Gasteiger partial charge is 0.194 e. The number of fused-ring (bicyclic) bond motifs is 2. The number of carbonyl (C=O) groups is 2. The van der Waals surface area contributed by atoms with Gasteiger partial charge in [0.05, 0.1) is 6.10 Å². The van der Waals surface area contributed by atoms with E-state index in [9.17, 15) is 14.7 Å². The van der Waals surface area contributed by atoms with E-state index in [1.165, 1.54) is 0 Å². The van der Waals surface area contributed by atoms with E-state index in [4.69, 9.17) is 0 Å². The van der Waals surface area contributed by atoms with E-state index >= 15 is 0 Å². The highest BCUT2D eigenvalue weighted by Gasteiger charge is 2.29. The van der Waals surface area contributed by atoms with Crippen molar-refractivity contribution in [2.24, 2.45) is 0 Å². The molecule has 2 aromatic carbocycles. The Hall–Kier alpha value is -1.92. The molecule has 26 heavy (non-hydrogen) atoms. The normalized spacial score (nSPS) is 13.0. The third kappa shape index (κ3) is 4.62. The summed E-state index contributed by atoms with van der Waals surface area (Å²) in [5.41, 5.74) is 2.63. The number of aliphatic hydroxyl groups excluding tert-OH is 1. The molecule has 1 aliphatic rings. The number of aliphatic hydroxyl groups is 1.